The van der Waals surface area contributed by atoms with Gasteiger partial charge < -0.3 is 14.8 Å². The van der Waals surface area contributed by atoms with Crippen molar-refractivity contribution in [3.8, 4) is 5.75 Å². The third kappa shape index (κ3) is 3.34. The van der Waals surface area contributed by atoms with Crippen molar-refractivity contribution < 1.29 is 19.1 Å². The van der Waals surface area contributed by atoms with Crippen LogP contribution in [0.3, 0.4) is 0 Å². The van der Waals surface area contributed by atoms with Gasteiger partial charge in [0.1, 0.15) is 11.9 Å². The number of hydrogen-bond acceptors (Lipinski definition) is 4. The first-order valence-corrected chi connectivity index (χ1v) is 7.36. The molecule has 0 aliphatic carbocycles. The molecule has 1 aliphatic rings. The maximum atomic E-state index is 12.5. The molecule has 0 spiro atoms. The molecule has 1 fully saturated rings. The third-order valence-corrected chi connectivity index (χ3v) is 3.83. The van der Waals surface area contributed by atoms with Crippen LogP contribution in [0.4, 0.5) is 5.69 Å². The minimum Gasteiger partial charge on any atom is -0.497 e. The number of carbonyl (C=O) groups excluding carboxylic acids is 2. The van der Waals surface area contributed by atoms with Gasteiger partial charge in [0.25, 0.3) is 0 Å². The van der Waals surface area contributed by atoms with E-state index in [1.54, 1.807) is 31.4 Å². The monoisotopic (exact) mass is 311 g/mol. The van der Waals surface area contributed by atoms with Crippen LogP contribution >= 0.6 is 0 Å². The summed E-state index contributed by atoms with van der Waals surface area (Å²) >= 11 is 0. The fourth-order valence-electron chi connectivity index (χ4n) is 2.64. The lowest BCUT2D eigenvalue weighted by molar-refractivity contribution is -0.141. The van der Waals surface area contributed by atoms with E-state index in [-0.39, 0.29) is 18.3 Å². The van der Waals surface area contributed by atoms with Crippen LogP contribution in [0.2, 0.25) is 0 Å². The molecule has 5 nitrogen and oxygen atoms in total. The number of methoxy groups -OCH3 is 1. The van der Waals surface area contributed by atoms with Crippen LogP contribution in [0.1, 0.15) is 18.1 Å². The Kier molecular flexibility index (Phi) is 4.28. The fraction of sp³-hybridized carbons (Fsp3) is 0.222. The molecule has 2 aromatic rings. The highest BCUT2D eigenvalue weighted by atomic mass is 16.6. The summed E-state index contributed by atoms with van der Waals surface area (Å²) in [5.41, 5.74) is 1.48. The maximum Gasteiger partial charge on any atom is 0.307 e. The smallest absolute Gasteiger partial charge is 0.307 e. The predicted molar refractivity (Wildman–Crippen MR) is 85.0 cm³/mol. The van der Waals surface area contributed by atoms with Gasteiger partial charge in [0.05, 0.1) is 19.4 Å². The first-order chi connectivity index (χ1) is 11.2. The Morgan fingerprint density at radius 3 is 2.48 bits per heavy atom. The van der Waals surface area contributed by atoms with Gasteiger partial charge in [-0.15, -0.1) is 0 Å². The van der Waals surface area contributed by atoms with Crippen molar-refractivity contribution in [3.05, 3.63) is 60.2 Å². The summed E-state index contributed by atoms with van der Waals surface area (Å²) in [4.78, 5) is 24.2. The predicted octanol–water partition coefficient (Wildman–Crippen LogP) is 2.94. The lowest BCUT2D eigenvalue weighted by Gasteiger charge is -2.17. The van der Waals surface area contributed by atoms with Gasteiger partial charge in [-0.1, -0.05) is 30.3 Å². The summed E-state index contributed by atoms with van der Waals surface area (Å²) in [5.74, 6) is -0.403. The quantitative estimate of drug-likeness (QED) is 0.882. The van der Waals surface area contributed by atoms with Gasteiger partial charge in [0.15, 0.2) is 0 Å². The highest BCUT2D eigenvalue weighted by molar-refractivity contribution is 5.96. The van der Waals surface area contributed by atoms with Crippen LogP contribution in [0.25, 0.3) is 0 Å². The van der Waals surface area contributed by atoms with Crippen molar-refractivity contribution in [2.75, 3.05) is 12.4 Å². The van der Waals surface area contributed by atoms with E-state index in [0.29, 0.717) is 11.4 Å². The van der Waals surface area contributed by atoms with Crippen molar-refractivity contribution in [3.63, 3.8) is 0 Å². The molecule has 2 atom stereocenters. The number of cyclic esters (lactones) is 1. The SMILES string of the molecule is COc1ccc(NC(=O)[C@H]2CC(=O)O[C@@H]2c2ccccc2)cc1. The second-order valence-corrected chi connectivity index (χ2v) is 5.35. The number of nitrogens with one attached hydrogen (secondary N) is 1. The van der Waals surface area contributed by atoms with Gasteiger partial charge in [0, 0.05) is 5.69 Å². The van der Waals surface area contributed by atoms with E-state index < -0.39 is 12.0 Å². The van der Waals surface area contributed by atoms with Crippen molar-refractivity contribution in [2.24, 2.45) is 5.92 Å². The molecular weight excluding hydrogens is 294 g/mol. The molecule has 1 amide bonds. The van der Waals surface area contributed by atoms with Gasteiger partial charge in [-0.25, -0.2) is 0 Å². The second kappa shape index (κ2) is 6.52. The van der Waals surface area contributed by atoms with E-state index in [1.807, 2.05) is 30.3 Å². The number of carbonyl (C=O) groups is 2. The number of amides is 1. The molecule has 1 aliphatic heterocycles. The summed E-state index contributed by atoms with van der Waals surface area (Å²) in [5, 5.41) is 2.83. The normalized spacial score (nSPS) is 20.0. The highest BCUT2D eigenvalue weighted by Crippen LogP contribution is 2.36. The number of benzene rings is 2. The molecule has 0 bridgehead atoms. The molecule has 2 aromatic carbocycles. The Morgan fingerprint density at radius 1 is 1.13 bits per heavy atom. The molecule has 0 unspecified atom stereocenters. The van der Waals surface area contributed by atoms with E-state index in [1.165, 1.54) is 0 Å². The average Bonchev–Trinajstić information content (AvgIpc) is 2.98. The minimum absolute atomic E-state index is 0.0849. The first-order valence-electron chi connectivity index (χ1n) is 7.36. The highest BCUT2D eigenvalue weighted by Gasteiger charge is 2.40. The molecule has 3 rings (SSSR count). The zero-order valence-corrected chi connectivity index (χ0v) is 12.7. The van der Waals surface area contributed by atoms with Crippen molar-refractivity contribution >= 4 is 17.6 Å². The molecule has 5 heteroatoms. The standard InChI is InChI=1S/C18H17NO4/c1-22-14-9-7-13(8-10-14)19-18(21)15-11-16(20)23-17(15)12-5-3-2-4-6-12/h2-10,15,17H,11H2,1H3,(H,19,21)/t15-,17+/m0/s1. The summed E-state index contributed by atoms with van der Waals surface area (Å²) < 4.78 is 10.4. The van der Waals surface area contributed by atoms with E-state index in [9.17, 15) is 9.59 Å². The lowest BCUT2D eigenvalue weighted by Crippen LogP contribution is -2.25. The van der Waals surface area contributed by atoms with Crippen LogP contribution < -0.4 is 10.1 Å². The van der Waals surface area contributed by atoms with Crippen LogP contribution in [0.15, 0.2) is 54.6 Å². The van der Waals surface area contributed by atoms with Crippen molar-refractivity contribution in [2.45, 2.75) is 12.5 Å². The average molecular weight is 311 g/mol. The number of anilines is 1. The summed E-state index contributed by atoms with van der Waals surface area (Å²) in [6, 6.07) is 16.4. The van der Waals surface area contributed by atoms with Gasteiger partial charge in [-0.3, -0.25) is 9.59 Å². The minimum atomic E-state index is -0.540. The topological polar surface area (TPSA) is 64.6 Å². The number of esters is 1. The molecule has 23 heavy (non-hydrogen) atoms. The summed E-state index contributed by atoms with van der Waals surface area (Å²) in [7, 11) is 1.58. The molecule has 118 valence electrons. The second-order valence-electron chi connectivity index (χ2n) is 5.35. The maximum absolute atomic E-state index is 12.5. The summed E-state index contributed by atoms with van der Waals surface area (Å²) in [6.07, 6.45) is -0.455. The Balaban J connectivity index is 1.75. The largest absolute Gasteiger partial charge is 0.497 e. The van der Waals surface area contributed by atoms with Gasteiger partial charge in [0.2, 0.25) is 5.91 Å². The molecule has 0 radical (unpaired) electrons. The fourth-order valence-corrected chi connectivity index (χ4v) is 2.64. The Hall–Kier alpha value is -2.82. The Bertz CT molecular complexity index is 697. The first kappa shape index (κ1) is 15.1. The zero-order valence-electron chi connectivity index (χ0n) is 12.7. The van der Waals surface area contributed by atoms with Crippen LogP contribution in [0.5, 0.6) is 5.75 Å². The number of hydrogen-bond donors (Lipinski definition) is 1. The van der Waals surface area contributed by atoms with Crippen LogP contribution in [-0.2, 0) is 14.3 Å². The molecular formula is C18H17NO4. The van der Waals surface area contributed by atoms with Gasteiger partial charge in [-0.05, 0) is 29.8 Å². The number of ether oxygens (including phenoxy) is 2. The van der Waals surface area contributed by atoms with E-state index >= 15 is 0 Å². The molecule has 1 N–H and O–H groups in total. The molecule has 1 heterocycles. The molecule has 0 aromatic heterocycles. The van der Waals surface area contributed by atoms with Gasteiger partial charge in [-0.2, -0.15) is 0 Å². The lowest BCUT2D eigenvalue weighted by atomic mass is 9.94. The molecule has 0 saturated carbocycles. The number of rotatable bonds is 4. The summed E-state index contributed by atoms with van der Waals surface area (Å²) in [6.45, 7) is 0. The Labute approximate surface area is 134 Å². The van der Waals surface area contributed by atoms with Crippen molar-refractivity contribution in [1.82, 2.24) is 0 Å². The van der Waals surface area contributed by atoms with Crippen LogP contribution in [-0.4, -0.2) is 19.0 Å². The molecule has 1 saturated heterocycles. The van der Waals surface area contributed by atoms with Crippen molar-refractivity contribution in [1.29, 1.82) is 0 Å². The van der Waals surface area contributed by atoms with E-state index in [4.69, 9.17) is 9.47 Å². The van der Waals surface area contributed by atoms with E-state index in [0.717, 1.165) is 5.56 Å². The zero-order chi connectivity index (χ0) is 16.2. The van der Waals surface area contributed by atoms with Gasteiger partial charge >= 0.3 is 5.97 Å². The Morgan fingerprint density at radius 2 is 1.83 bits per heavy atom. The van der Waals surface area contributed by atoms with E-state index in [2.05, 4.69) is 5.32 Å². The van der Waals surface area contributed by atoms with Crippen LogP contribution in [0, 0.1) is 5.92 Å². The third-order valence-electron chi connectivity index (χ3n) is 3.83.